The van der Waals surface area contributed by atoms with Crippen molar-refractivity contribution in [2.24, 2.45) is 5.10 Å². The first kappa shape index (κ1) is 17.6. The van der Waals surface area contributed by atoms with Crippen LogP contribution < -0.4 is 10.2 Å². The van der Waals surface area contributed by atoms with Gasteiger partial charge in [-0.05, 0) is 31.2 Å². The lowest BCUT2D eigenvalue weighted by molar-refractivity contribution is -0.385. The monoisotopic (exact) mass is 391 g/mol. The Labute approximate surface area is 146 Å². The first-order valence-electron chi connectivity index (χ1n) is 6.85. The molecule has 124 valence electrons. The molecule has 0 heterocycles. The van der Waals surface area contributed by atoms with E-state index in [0.29, 0.717) is 11.3 Å². The summed E-state index contributed by atoms with van der Waals surface area (Å²) >= 11 is 3.35. The third kappa shape index (κ3) is 3.96. The first-order chi connectivity index (χ1) is 11.4. The molecule has 0 aliphatic carbocycles. The molecule has 1 amide bonds. The van der Waals surface area contributed by atoms with Gasteiger partial charge in [-0.2, -0.15) is 5.10 Å². The average molecular weight is 392 g/mol. The highest BCUT2D eigenvalue weighted by molar-refractivity contribution is 9.10. The van der Waals surface area contributed by atoms with E-state index < -0.39 is 10.8 Å². The summed E-state index contributed by atoms with van der Waals surface area (Å²) in [5, 5.41) is 14.8. The van der Waals surface area contributed by atoms with E-state index in [1.807, 2.05) is 6.07 Å². The zero-order chi connectivity index (χ0) is 17.7. The van der Waals surface area contributed by atoms with Crippen molar-refractivity contribution in [1.29, 1.82) is 0 Å². The summed E-state index contributed by atoms with van der Waals surface area (Å²) in [5.41, 5.74) is 3.40. The van der Waals surface area contributed by atoms with Crippen LogP contribution in [-0.4, -0.2) is 24.2 Å². The Hall–Kier alpha value is -2.74. The van der Waals surface area contributed by atoms with E-state index in [1.54, 1.807) is 12.1 Å². The predicted octanol–water partition coefficient (Wildman–Crippen LogP) is 3.44. The van der Waals surface area contributed by atoms with Crippen LogP contribution >= 0.6 is 15.9 Å². The van der Waals surface area contributed by atoms with Gasteiger partial charge in [-0.3, -0.25) is 14.9 Å². The lowest BCUT2D eigenvalue weighted by atomic mass is 10.1. The number of carbonyl (C=O) groups excluding carboxylic acids is 1. The maximum absolute atomic E-state index is 12.2. The van der Waals surface area contributed by atoms with Crippen LogP contribution in [0.15, 0.2) is 46.0 Å². The molecule has 0 saturated carbocycles. The maximum atomic E-state index is 12.2. The summed E-state index contributed by atoms with van der Waals surface area (Å²) in [6, 6.07) is 9.68. The largest absolute Gasteiger partial charge is 0.496 e. The van der Waals surface area contributed by atoms with Gasteiger partial charge in [0, 0.05) is 21.7 Å². The van der Waals surface area contributed by atoms with Crippen LogP contribution in [0.25, 0.3) is 0 Å². The Balaban J connectivity index is 2.18. The number of nitro groups is 1. The number of nitrogens with zero attached hydrogens (tertiary/aromatic N) is 2. The summed E-state index contributed by atoms with van der Waals surface area (Å²) in [4.78, 5) is 22.6. The first-order valence-corrected chi connectivity index (χ1v) is 7.64. The number of rotatable bonds is 5. The zero-order valence-electron chi connectivity index (χ0n) is 12.9. The third-order valence-electron chi connectivity index (χ3n) is 3.31. The average Bonchev–Trinajstić information content (AvgIpc) is 2.54. The van der Waals surface area contributed by atoms with E-state index in [9.17, 15) is 14.9 Å². The molecule has 0 bridgehead atoms. The maximum Gasteiger partial charge on any atom is 0.273 e. The van der Waals surface area contributed by atoms with Gasteiger partial charge in [-0.15, -0.1) is 0 Å². The van der Waals surface area contributed by atoms with Crippen LogP contribution in [0.5, 0.6) is 5.75 Å². The summed E-state index contributed by atoms with van der Waals surface area (Å²) in [7, 11) is 1.53. The summed E-state index contributed by atoms with van der Waals surface area (Å²) < 4.78 is 6.04. The number of hydrogen-bond donors (Lipinski definition) is 1. The van der Waals surface area contributed by atoms with Crippen molar-refractivity contribution in [3.05, 3.63) is 67.7 Å². The highest BCUT2D eigenvalue weighted by Gasteiger charge is 2.17. The van der Waals surface area contributed by atoms with Crippen LogP contribution in [-0.2, 0) is 0 Å². The van der Waals surface area contributed by atoms with Crippen LogP contribution in [0, 0.1) is 17.0 Å². The zero-order valence-corrected chi connectivity index (χ0v) is 14.5. The molecule has 2 rings (SSSR count). The number of nitro benzene ring substituents is 1. The quantitative estimate of drug-likeness (QED) is 0.479. The highest BCUT2D eigenvalue weighted by Crippen LogP contribution is 2.22. The molecule has 0 saturated heterocycles. The van der Waals surface area contributed by atoms with E-state index in [0.717, 1.165) is 4.47 Å². The van der Waals surface area contributed by atoms with E-state index >= 15 is 0 Å². The second-order valence-corrected chi connectivity index (χ2v) is 5.71. The SMILES string of the molecule is COc1ccc(Br)cc1/C=N\NC(=O)c1cccc([N+](=O)[O-])c1C. The Morgan fingerprint density at radius 3 is 2.79 bits per heavy atom. The highest BCUT2D eigenvalue weighted by atomic mass is 79.9. The number of hydrogen-bond acceptors (Lipinski definition) is 5. The fourth-order valence-electron chi connectivity index (χ4n) is 2.09. The Morgan fingerprint density at radius 1 is 1.38 bits per heavy atom. The number of amides is 1. The second kappa shape index (κ2) is 7.69. The van der Waals surface area contributed by atoms with E-state index in [2.05, 4.69) is 26.5 Å². The van der Waals surface area contributed by atoms with Crippen molar-refractivity contribution in [3.63, 3.8) is 0 Å². The summed E-state index contributed by atoms with van der Waals surface area (Å²) in [6.07, 6.45) is 1.44. The Kier molecular flexibility index (Phi) is 5.64. The fraction of sp³-hybridized carbons (Fsp3) is 0.125. The molecule has 0 aliphatic heterocycles. The van der Waals surface area contributed by atoms with E-state index in [-0.39, 0.29) is 16.8 Å². The van der Waals surface area contributed by atoms with Crippen LogP contribution in [0.4, 0.5) is 5.69 Å². The molecule has 0 aliphatic rings. The number of methoxy groups -OCH3 is 1. The van der Waals surface area contributed by atoms with Crippen molar-refractivity contribution in [1.82, 2.24) is 5.43 Å². The number of carbonyl (C=O) groups is 1. The molecule has 8 heteroatoms. The molecule has 0 aromatic heterocycles. The standard InChI is InChI=1S/C16H14BrN3O4/c1-10-13(4-3-5-14(10)20(22)23)16(21)19-18-9-11-8-12(17)6-7-15(11)24-2/h3-9H,1-2H3,(H,19,21)/b18-9-. The Morgan fingerprint density at radius 2 is 2.12 bits per heavy atom. The molecule has 0 unspecified atom stereocenters. The van der Waals surface area contributed by atoms with Gasteiger partial charge in [0.1, 0.15) is 5.75 Å². The molecule has 2 aromatic carbocycles. The van der Waals surface area contributed by atoms with Gasteiger partial charge in [-0.25, -0.2) is 5.43 Å². The number of ether oxygens (including phenoxy) is 1. The van der Waals surface area contributed by atoms with Crippen molar-refractivity contribution in [2.75, 3.05) is 7.11 Å². The van der Waals surface area contributed by atoms with Gasteiger partial charge in [0.05, 0.1) is 23.8 Å². The second-order valence-electron chi connectivity index (χ2n) is 4.79. The number of hydrazone groups is 1. The van der Waals surface area contributed by atoms with Crippen molar-refractivity contribution in [3.8, 4) is 5.75 Å². The molecule has 0 spiro atoms. The fourth-order valence-corrected chi connectivity index (χ4v) is 2.47. The van der Waals surface area contributed by atoms with Gasteiger partial charge in [-0.1, -0.05) is 22.0 Å². The van der Waals surface area contributed by atoms with Gasteiger partial charge in [0.15, 0.2) is 0 Å². The molecule has 7 nitrogen and oxygen atoms in total. The molecule has 24 heavy (non-hydrogen) atoms. The summed E-state index contributed by atoms with van der Waals surface area (Å²) in [5.74, 6) is 0.0733. The van der Waals surface area contributed by atoms with Gasteiger partial charge < -0.3 is 4.74 Å². The van der Waals surface area contributed by atoms with Crippen LogP contribution in [0.2, 0.25) is 0 Å². The molecule has 0 atom stereocenters. The van der Waals surface area contributed by atoms with Crippen molar-refractivity contribution in [2.45, 2.75) is 6.92 Å². The smallest absolute Gasteiger partial charge is 0.273 e. The molecule has 0 fully saturated rings. The lowest BCUT2D eigenvalue weighted by Crippen LogP contribution is -2.19. The topological polar surface area (TPSA) is 93.8 Å². The normalized spacial score (nSPS) is 10.6. The van der Waals surface area contributed by atoms with Gasteiger partial charge in [0.2, 0.25) is 0 Å². The van der Waals surface area contributed by atoms with E-state index in [4.69, 9.17) is 4.74 Å². The van der Waals surface area contributed by atoms with Gasteiger partial charge in [0.25, 0.3) is 11.6 Å². The molecular weight excluding hydrogens is 378 g/mol. The van der Waals surface area contributed by atoms with Crippen LogP contribution in [0.3, 0.4) is 0 Å². The number of benzene rings is 2. The minimum Gasteiger partial charge on any atom is -0.496 e. The van der Waals surface area contributed by atoms with Gasteiger partial charge >= 0.3 is 0 Å². The number of halogens is 1. The minimum atomic E-state index is -0.526. The molecule has 1 N–H and O–H groups in total. The van der Waals surface area contributed by atoms with E-state index in [1.165, 1.54) is 38.4 Å². The lowest BCUT2D eigenvalue weighted by Gasteiger charge is -2.06. The summed E-state index contributed by atoms with van der Waals surface area (Å²) in [6.45, 7) is 1.52. The third-order valence-corrected chi connectivity index (χ3v) is 3.80. The molecular formula is C16H14BrN3O4. The molecule has 2 aromatic rings. The molecule has 0 radical (unpaired) electrons. The van der Waals surface area contributed by atoms with Crippen molar-refractivity contribution < 1.29 is 14.5 Å². The Bertz CT molecular complexity index is 821. The number of nitrogens with one attached hydrogen (secondary N) is 1. The van der Waals surface area contributed by atoms with Crippen molar-refractivity contribution >= 4 is 33.7 Å². The minimum absolute atomic E-state index is 0.111. The van der Waals surface area contributed by atoms with Crippen LogP contribution in [0.1, 0.15) is 21.5 Å². The predicted molar refractivity (Wildman–Crippen MR) is 93.6 cm³/mol.